The number of nitrogens with zero attached hydrogens (tertiary/aromatic N) is 2. The molecule has 2 aromatic heterocycles. The SMILES string of the molecule is COC(=O)c1c(-c2cccc(C)c2)csc1NC(=O)c1cnccn1. The highest BCUT2D eigenvalue weighted by molar-refractivity contribution is 7.15. The van der Waals surface area contributed by atoms with Crippen molar-refractivity contribution in [3.05, 3.63) is 65.1 Å². The van der Waals surface area contributed by atoms with Gasteiger partial charge in [-0.05, 0) is 12.5 Å². The fraction of sp³-hybridized carbons (Fsp3) is 0.111. The number of anilines is 1. The molecule has 0 spiro atoms. The zero-order chi connectivity index (χ0) is 17.8. The Kier molecular flexibility index (Phi) is 4.85. The van der Waals surface area contributed by atoms with E-state index < -0.39 is 11.9 Å². The highest BCUT2D eigenvalue weighted by atomic mass is 32.1. The van der Waals surface area contributed by atoms with Crippen LogP contribution in [0.4, 0.5) is 5.00 Å². The van der Waals surface area contributed by atoms with Gasteiger partial charge in [0.2, 0.25) is 0 Å². The zero-order valence-electron chi connectivity index (χ0n) is 13.6. The molecule has 6 nitrogen and oxygen atoms in total. The smallest absolute Gasteiger partial charge is 0.341 e. The monoisotopic (exact) mass is 353 g/mol. The van der Waals surface area contributed by atoms with Crippen LogP contribution in [0.15, 0.2) is 48.2 Å². The molecule has 0 bridgehead atoms. The van der Waals surface area contributed by atoms with Crippen molar-refractivity contribution in [2.45, 2.75) is 6.92 Å². The van der Waals surface area contributed by atoms with Crippen molar-refractivity contribution in [3.63, 3.8) is 0 Å². The first-order valence-electron chi connectivity index (χ1n) is 7.44. The number of esters is 1. The van der Waals surface area contributed by atoms with Crippen LogP contribution >= 0.6 is 11.3 Å². The van der Waals surface area contributed by atoms with E-state index in [1.54, 1.807) is 0 Å². The molecular formula is C18H15N3O3S. The molecule has 126 valence electrons. The van der Waals surface area contributed by atoms with Crippen LogP contribution in [0.1, 0.15) is 26.4 Å². The van der Waals surface area contributed by atoms with Crippen LogP contribution in [-0.4, -0.2) is 29.0 Å². The standard InChI is InChI=1S/C18H15N3O3S/c1-11-4-3-5-12(8-11)13-10-25-17(15(13)18(23)24-2)21-16(22)14-9-19-6-7-20-14/h3-10H,1-2H3,(H,21,22). The van der Waals surface area contributed by atoms with Crippen LogP contribution in [0.2, 0.25) is 0 Å². The Labute approximate surface area is 148 Å². The number of nitrogens with one attached hydrogen (secondary N) is 1. The zero-order valence-corrected chi connectivity index (χ0v) is 14.5. The summed E-state index contributed by atoms with van der Waals surface area (Å²) < 4.78 is 4.90. The molecule has 0 fully saturated rings. The minimum absolute atomic E-state index is 0.170. The van der Waals surface area contributed by atoms with Gasteiger partial charge in [-0.25, -0.2) is 9.78 Å². The predicted octanol–water partition coefficient (Wildman–Crippen LogP) is 3.55. The summed E-state index contributed by atoms with van der Waals surface area (Å²) in [7, 11) is 1.31. The summed E-state index contributed by atoms with van der Waals surface area (Å²) in [6.07, 6.45) is 4.28. The number of benzene rings is 1. The van der Waals surface area contributed by atoms with Crippen molar-refractivity contribution in [3.8, 4) is 11.1 Å². The quantitative estimate of drug-likeness (QED) is 0.726. The Morgan fingerprint density at radius 3 is 2.76 bits per heavy atom. The number of hydrogen-bond acceptors (Lipinski definition) is 6. The van der Waals surface area contributed by atoms with Gasteiger partial charge in [-0.3, -0.25) is 9.78 Å². The van der Waals surface area contributed by atoms with Crippen LogP contribution in [0.5, 0.6) is 0 Å². The predicted molar refractivity (Wildman–Crippen MR) is 95.8 cm³/mol. The summed E-state index contributed by atoms with van der Waals surface area (Å²) in [4.78, 5) is 32.4. The Morgan fingerprint density at radius 2 is 2.08 bits per heavy atom. The molecule has 1 aromatic carbocycles. The minimum Gasteiger partial charge on any atom is -0.465 e. The van der Waals surface area contributed by atoms with Gasteiger partial charge in [0, 0.05) is 23.3 Å². The number of ether oxygens (including phenoxy) is 1. The number of aromatic nitrogens is 2. The minimum atomic E-state index is -0.507. The van der Waals surface area contributed by atoms with Gasteiger partial charge < -0.3 is 10.1 Å². The number of rotatable bonds is 4. The van der Waals surface area contributed by atoms with Crippen LogP contribution in [0.25, 0.3) is 11.1 Å². The van der Waals surface area contributed by atoms with E-state index in [0.29, 0.717) is 10.6 Å². The number of thiophene rings is 1. The third-order valence-electron chi connectivity index (χ3n) is 3.53. The van der Waals surface area contributed by atoms with Gasteiger partial charge in [-0.15, -0.1) is 11.3 Å². The first kappa shape index (κ1) is 16.8. The molecule has 0 aliphatic heterocycles. The Hall–Kier alpha value is -3.06. The van der Waals surface area contributed by atoms with E-state index in [1.165, 1.54) is 37.0 Å². The number of methoxy groups -OCH3 is 1. The number of carbonyl (C=O) groups excluding carboxylic acids is 2. The molecule has 1 N–H and O–H groups in total. The highest BCUT2D eigenvalue weighted by Gasteiger charge is 2.23. The van der Waals surface area contributed by atoms with Crippen LogP contribution in [0.3, 0.4) is 0 Å². The second-order valence-corrected chi connectivity index (χ2v) is 6.14. The lowest BCUT2D eigenvalue weighted by molar-refractivity contribution is 0.0603. The topological polar surface area (TPSA) is 81.2 Å². The van der Waals surface area contributed by atoms with Gasteiger partial charge in [0.05, 0.1) is 13.3 Å². The normalized spacial score (nSPS) is 10.3. The molecule has 2 heterocycles. The van der Waals surface area contributed by atoms with Crippen molar-refractivity contribution >= 4 is 28.2 Å². The van der Waals surface area contributed by atoms with Gasteiger partial charge in [-0.1, -0.05) is 29.8 Å². The number of amides is 1. The summed E-state index contributed by atoms with van der Waals surface area (Å²) in [5.74, 6) is -0.942. The molecule has 25 heavy (non-hydrogen) atoms. The first-order valence-corrected chi connectivity index (χ1v) is 8.32. The first-order chi connectivity index (χ1) is 12.1. The lowest BCUT2D eigenvalue weighted by atomic mass is 10.0. The molecule has 0 unspecified atom stereocenters. The number of hydrogen-bond donors (Lipinski definition) is 1. The Balaban J connectivity index is 2.00. The molecule has 0 aliphatic carbocycles. The molecular weight excluding hydrogens is 338 g/mol. The third-order valence-corrected chi connectivity index (χ3v) is 4.43. The third kappa shape index (κ3) is 3.56. The van der Waals surface area contributed by atoms with Crippen LogP contribution < -0.4 is 5.32 Å². The molecule has 7 heteroatoms. The summed E-state index contributed by atoms with van der Waals surface area (Å²) >= 11 is 1.26. The fourth-order valence-electron chi connectivity index (χ4n) is 2.36. The van der Waals surface area contributed by atoms with Crippen LogP contribution in [-0.2, 0) is 4.74 Å². The second-order valence-electron chi connectivity index (χ2n) is 5.26. The maximum Gasteiger partial charge on any atom is 0.341 e. The highest BCUT2D eigenvalue weighted by Crippen LogP contribution is 2.36. The van der Waals surface area contributed by atoms with Gasteiger partial charge in [0.1, 0.15) is 16.3 Å². The molecule has 3 rings (SSSR count). The van der Waals surface area contributed by atoms with E-state index in [1.807, 2.05) is 36.6 Å². The van der Waals surface area contributed by atoms with Gasteiger partial charge in [0.15, 0.2) is 0 Å². The number of aryl methyl sites for hydroxylation is 1. The number of carbonyl (C=O) groups is 2. The molecule has 0 radical (unpaired) electrons. The van der Waals surface area contributed by atoms with E-state index in [2.05, 4.69) is 15.3 Å². The van der Waals surface area contributed by atoms with Crippen molar-refractivity contribution in [1.82, 2.24) is 9.97 Å². The lowest BCUT2D eigenvalue weighted by Gasteiger charge is -2.08. The molecule has 1 amide bonds. The van der Waals surface area contributed by atoms with Crippen molar-refractivity contribution in [2.75, 3.05) is 12.4 Å². The maximum absolute atomic E-state index is 12.3. The fourth-order valence-corrected chi connectivity index (χ4v) is 3.32. The maximum atomic E-state index is 12.3. The van der Waals surface area contributed by atoms with Gasteiger partial charge in [-0.2, -0.15) is 0 Å². The average Bonchev–Trinajstić information content (AvgIpc) is 3.05. The van der Waals surface area contributed by atoms with E-state index >= 15 is 0 Å². The van der Waals surface area contributed by atoms with Crippen molar-refractivity contribution < 1.29 is 14.3 Å². The van der Waals surface area contributed by atoms with E-state index in [0.717, 1.165) is 16.7 Å². The lowest BCUT2D eigenvalue weighted by Crippen LogP contribution is -2.15. The van der Waals surface area contributed by atoms with Crippen LogP contribution in [0, 0.1) is 6.92 Å². The van der Waals surface area contributed by atoms with Gasteiger partial charge >= 0.3 is 5.97 Å². The summed E-state index contributed by atoms with van der Waals surface area (Å²) in [6.45, 7) is 1.98. The molecule has 3 aromatic rings. The molecule has 0 atom stereocenters. The molecule has 0 saturated carbocycles. The summed E-state index contributed by atoms with van der Waals surface area (Å²) in [6, 6.07) is 7.78. The molecule has 0 aliphatic rings. The summed E-state index contributed by atoms with van der Waals surface area (Å²) in [5.41, 5.74) is 3.18. The van der Waals surface area contributed by atoms with Crippen molar-refractivity contribution in [1.29, 1.82) is 0 Å². The largest absolute Gasteiger partial charge is 0.465 e. The second kappa shape index (κ2) is 7.23. The Bertz CT molecular complexity index is 922. The van der Waals surface area contributed by atoms with Crippen molar-refractivity contribution in [2.24, 2.45) is 0 Å². The average molecular weight is 353 g/mol. The van der Waals surface area contributed by atoms with Gasteiger partial charge in [0.25, 0.3) is 5.91 Å². The van der Waals surface area contributed by atoms with E-state index in [4.69, 9.17) is 4.74 Å². The van der Waals surface area contributed by atoms with E-state index in [9.17, 15) is 9.59 Å². The van der Waals surface area contributed by atoms with E-state index in [-0.39, 0.29) is 5.69 Å². The molecule has 0 saturated heterocycles. The Morgan fingerprint density at radius 1 is 1.24 bits per heavy atom. The summed E-state index contributed by atoms with van der Waals surface area (Å²) in [5, 5.41) is 4.97.